The number of benzene rings is 1. The van der Waals surface area contributed by atoms with Gasteiger partial charge in [-0.2, -0.15) is 0 Å². The molecule has 0 heterocycles. The molecule has 1 amide bonds. The van der Waals surface area contributed by atoms with Crippen LogP contribution in [0.15, 0.2) is 29.2 Å². The van der Waals surface area contributed by atoms with Crippen LogP contribution in [0.4, 0.5) is 0 Å². The summed E-state index contributed by atoms with van der Waals surface area (Å²) in [6.07, 6.45) is 3.17. The highest BCUT2D eigenvalue weighted by atomic mass is 35.7. The minimum Gasteiger partial charge on any atom is -0.356 e. The molecule has 1 aromatic carbocycles. The van der Waals surface area contributed by atoms with Crippen LogP contribution in [0.25, 0.3) is 0 Å². The average molecular weight is 352 g/mol. The van der Waals surface area contributed by atoms with E-state index >= 15 is 0 Å². The zero-order valence-electron chi connectivity index (χ0n) is 11.7. The van der Waals surface area contributed by atoms with Gasteiger partial charge in [-0.15, -0.1) is 0 Å². The molecule has 0 saturated heterocycles. The predicted molar refractivity (Wildman–Crippen MR) is 84.4 cm³/mol. The van der Waals surface area contributed by atoms with Gasteiger partial charge in [-0.25, -0.2) is 8.42 Å². The molecular formula is C13H18ClNO4S2. The second-order valence-corrected chi connectivity index (χ2v) is 8.68. The van der Waals surface area contributed by atoms with Gasteiger partial charge in [0.25, 0.3) is 9.05 Å². The van der Waals surface area contributed by atoms with Gasteiger partial charge in [-0.1, -0.05) is 12.1 Å². The van der Waals surface area contributed by atoms with E-state index in [4.69, 9.17) is 10.7 Å². The number of carbonyl (C=O) groups is 1. The first kappa shape index (κ1) is 18.1. The molecular weight excluding hydrogens is 334 g/mol. The standard InChI is InChI=1S/C13H18ClNO4S2/c1-20(17)10-2-9-15-13(16)8-5-11-3-6-12(7-4-11)21(14,18)19/h3-4,6-7H,2,5,8-10H2,1H3,(H,15,16). The first-order valence-corrected chi connectivity index (χ1v) is 10.4. The lowest BCUT2D eigenvalue weighted by Crippen LogP contribution is -2.25. The lowest BCUT2D eigenvalue weighted by atomic mass is 10.1. The molecule has 0 saturated carbocycles. The number of aryl methyl sites for hydroxylation is 1. The predicted octanol–water partition coefficient (Wildman–Crippen LogP) is 1.43. The first-order valence-electron chi connectivity index (χ1n) is 6.39. The Labute approximate surface area is 132 Å². The van der Waals surface area contributed by atoms with Crippen LogP contribution in [-0.2, 0) is 31.1 Å². The number of amides is 1. The monoisotopic (exact) mass is 351 g/mol. The summed E-state index contributed by atoms with van der Waals surface area (Å²) in [6.45, 7) is 0.516. The number of carbonyl (C=O) groups excluding carboxylic acids is 1. The largest absolute Gasteiger partial charge is 0.356 e. The number of rotatable bonds is 8. The van der Waals surface area contributed by atoms with E-state index in [2.05, 4.69) is 5.32 Å². The highest BCUT2D eigenvalue weighted by Gasteiger charge is 2.09. The van der Waals surface area contributed by atoms with Gasteiger partial charge in [0.05, 0.1) is 4.90 Å². The Bertz CT molecular complexity index is 599. The molecule has 1 rings (SSSR count). The van der Waals surface area contributed by atoms with Crippen molar-refractivity contribution in [3.8, 4) is 0 Å². The Hall–Kier alpha value is -0.920. The van der Waals surface area contributed by atoms with E-state index in [1.165, 1.54) is 12.1 Å². The van der Waals surface area contributed by atoms with Gasteiger partial charge in [0, 0.05) is 46.5 Å². The molecule has 1 aromatic rings. The Kier molecular flexibility index (Phi) is 7.34. The minimum absolute atomic E-state index is 0.0462. The smallest absolute Gasteiger partial charge is 0.261 e. The van der Waals surface area contributed by atoms with E-state index < -0.39 is 19.9 Å². The second-order valence-electron chi connectivity index (χ2n) is 4.56. The second kappa shape index (κ2) is 8.51. The fourth-order valence-electron chi connectivity index (χ4n) is 1.67. The Balaban J connectivity index is 2.35. The molecule has 1 unspecified atom stereocenters. The summed E-state index contributed by atoms with van der Waals surface area (Å²) in [5.74, 6) is 0.500. The molecule has 0 aromatic heterocycles. The van der Waals surface area contributed by atoms with Gasteiger partial charge in [-0.3, -0.25) is 9.00 Å². The highest BCUT2D eigenvalue weighted by Crippen LogP contribution is 2.15. The zero-order chi connectivity index (χ0) is 15.9. The molecule has 0 aliphatic carbocycles. The summed E-state index contributed by atoms with van der Waals surface area (Å²) in [5.41, 5.74) is 0.865. The van der Waals surface area contributed by atoms with Crippen LogP contribution >= 0.6 is 10.7 Å². The lowest BCUT2D eigenvalue weighted by Gasteiger charge is -2.05. The average Bonchev–Trinajstić information content (AvgIpc) is 2.40. The van der Waals surface area contributed by atoms with Crippen molar-refractivity contribution in [1.29, 1.82) is 0 Å². The fourth-order valence-corrected chi connectivity index (χ4v) is 2.99. The van der Waals surface area contributed by atoms with Crippen molar-refractivity contribution < 1.29 is 17.4 Å². The van der Waals surface area contributed by atoms with E-state index in [9.17, 15) is 17.4 Å². The van der Waals surface area contributed by atoms with Gasteiger partial charge in [0.1, 0.15) is 0 Å². The van der Waals surface area contributed by atoms with Crippen molar-refractivity contribution in [3.63, 3.8) is 0 Å². The van der Waals surface area contributed by atoms with Gasteiger partial charge in [-0.05, 0) is 30.5 Å². The summed E-state index contributed by atoms with van der Waals surface area (Å²) < 4.78 is 33.0. The SMILES string of the molecule is CS(=O)CCCNC(=O)CCc1ccc(S(=O)(=O)Cl)cc1. The molecule has 118 valence electrons. The molecule has 21 heavy (non-hydrogen) atoms. The van der Waals surface area contributed by atoms with E-state index in [1.807, 2.05) is 0 Å². The van der Waals surface area contributed by atoms with Crippen molar-refractivity contribution in [2.45, 2.75) is 24.2 Å². The number of hydrogen-bond acceptors (Lipinski definition) is 4. The van der Waals surface area contributed by atoms with Crippen molar-refractivity contribution in [1.82, 2.24) is 5.32 Å². The summed E-state index contributed by atoms with van der Waals surface area (Å²) >= 11 is 0. The summed E-state index contributed by atoms with van der Waals surface area (Å²) in [4.78, 5) is 11.6. The maximum atomic E-state index is 11.6. The van der Waals surface area contributed by atoms with E-state index in [0.717, 1.165) is 5.56 Å². The van der Waals surface area contributed by atoms with Gasteiger partial charge in [0.15, 0.2) is 0 Å². The zero-order valence-corrected chi connectivity index (χ0v) is 14.1. The maximum absolute atomic E-state index is 11.6. The van der Waals surface area contributed by atoms with E-state index in [1.54, 1.807) is 18.4 Å². The molecule has 1 atom stereocenters. The molecule has 0 spiro atoms. The summed E-state index contributed by atoms with van der Waals surface area (Å²) in [5, 5.41) is 2.75. The molecule has 5 nitrogen and oxygen atoms in total. The Morgan fingerprint density at radius 3 is 2.43 bits per heavy atom. The van der Waals surface area contributed by atoms with Gasteiger partial charge in [0.2, 0.25) is 5.91 Å². The third-order valence-electron chi connectivity index (χ3n) is 2.78. The summed E-state index contributed by atoms with van der Waals surface area (Å²) in [7, 11) is 0.679. The number of nitrogens with one attached hydrogen (secondary N) is 1. The van der Waals surface area contributed by atoms with Crippen molar-refractivity contribution in [2.24, 2.45) is 0 Å². The van der Waals surface area contributed by atoms with Crippen molar-refractivity contribution in [2.75, 3.05) is 18.6 Å². The van der Waals surface area contributed by atoms with Crippen LogP contribution in [-0.4, -0.2) is 37.1 Å². The van der Waals surface area contributed by atoms with Crippen LogP contribution in [0.1, 0.15) is 18.4 Å². The van der Waals surface area contributed by atoms with Crippen LogP contribution in [0.5, 0.6) is 0 Å². The van der Waals surface area contributed by atoms with Crippen LogP contribution in [0.2, 0.25) is 0 Å². The Morgan fingerprint density at radius 1 is 1.29 bits per heavy atom. The van der Waals surface area contributed by atoms with E-state index in [0.29, 0.717) is 31.6 Å². The van der Waals surface area contributed by atoms with Crippen molar-refractivity contribution in [3.05, 3.63) is 29.8 Å². The normalized spacial score (nSPS) is 12.9. The topological polar surface area (TPSA) is 80.3 Å². The Morgan fingerprint density at radius 2 is 1.90 bits per heavy atom. The van der Waals surface area contributed by atoms with Gasteiger partial charge < -0.3 is 5.32 Å². The van der Waals surface area contributed by atoms with E-state index in [-0.39, 0.29) is 10.8 Å². The van der Waals surface area contributed by atoms with Crippen LogP contribution in [0, 0.1) is 0 Å². The first-order chi connectivity index (χ1) is 9.79. The molecule has 0 fully saturated rings. The third kappa shape index (κ3) is 7.59. The van der Waals surface area contributed by atoms with Gasteiger partial charge >= 0.3 is 0 Å². The maximum Gasteiger partial charge on any atom is 0.261 e. The molecule has 0 aliphatic rings. The minimum atomic E-state index is -3.70. The quantitative estimate of drug-likeness (QED) is 0.567. The van der Waals surface area contributed by atoms with Crippen LogP contribution in [0.3, 0.4) is 0 Å². The fraction of sp³-hybridized carbons (Fsp3) is 0.462. The molecule has 0 aliphatic heterocycles. The molecule has 1 N–H and O–H groups in total. The molecule has 0 radical (unpaired) electrons. The number of halogens is 1. The lowest BCUT2D eigenvalue weighted by molar-refractivity contribution is -0.121. The van der Waals surface area contributed by atoms with Crippen molar-refractivity contribution >= 4 is 36.4 Å². The molecule has 8 heteroatoms. The molecule has 0 bridgehead atoms. The third-order valence-corrected chi connectivity index (χ3v) is 5.01. The summed E-state index contributed by atoms with van der Waals surface area (Å²) in [6, 6.07) is 6.13. The highest BCUT2D eigenvalue weighted by molar-refractivity contribution is 8.13. The number of hydrogen-bond donors (Lipinski definition) is 1. The van der Waals surface area contributed by atoms with Crippen LogP contribution < -0.4 is 5.32 Å².